The van der Waals surface area contributed by atoms with E-state index in [4.69, 9.17) is 16.3 Å². The second kappa shape index (κ2) is 7.99. The van der Waals surface area contributed by atoms with Gasteiger partial charge in [-0.05, 0) is 42.0 Å². The first-order valence-electron chi connectivity index (χ1n) is 9.27. The van der Waals surface area contributed by atoms with Crippen LogP contribution in [0.15, 0.2) is 47.6 Å². The Labute approximate surface area is 184 Å². The highest BCUT2D eigenvalue weighted by Crippen LogP contribution is 2.35. The number of methoxy groups -OCH3 is 1. The lowest BCUT2D eigenvalue weighted by atomic mass is 9.93. The third-order valence-corrected chi connectivity index (χ3v) is 5.28. The van der Waals surface area contributed by atoms with E-state index in [1.54, 1.807) is 18.2 Å². The first-order chi connectivity index (χ1) is 15.1. The minimum absolute atomic E-state index is 0.110. The lowest BCUT2D eigenvalue weighted by Crippen LogP contribution is -2.64. The number of nitrogens with zero attached hydrogens (tertiary/aromatic N) is 2. The molecule has 2 amide bonds. The maximum absolute atomic E-state index is 12.7. The summed E-state index contributed by atoms with van der Waals surface area (Å²) >= 11 is 6.07. The van der Waals surface area contributed by atoms with E-state index in [-0.39, 0.29) is 18.8 Å². The molecule has 2 aromatic rings. The summed E-state index contributed by atoms with van der Waals surface area (Å²) in [7, 11) is 1.26. The van der Waals surface area contributed by atoms with Crippen LogP contribution in [-0.2, 0) is 16.0 Å². The first kappa shape index (κ1) is 21.9. The summed E-state index contributed by atoms with van der Waals surface area (Å²) < 4.78 is 45.6. The molecule has 0 bridgehead atoms. The van der Waals surface area contributed by atoms with E-state index in [1.165, 1.54) is 19.2 Å². The van der Waals surface area contributed by atoms with Gasteiger partial charge in [0.25, 0.3) is 0 Å². The zero-order chi connectivity index (χ0) is 23.1. The van der Waals surface area contributed by atoms with Crippen LogP contribution in [0, 0.1) is 0 Å². The van der Waals surface area contributed by atoms with E-state index in [0.29, 0.717) is 16.3 Å². The number of urea groups is 1. The molecule has 1 aliphatic heterocycles. The number of hydrogen-bond acceptors (Lipinski definition) is 6. The number of carbonyl (C=O) groups is 2. The highest BCUT2D eigenvalue weighted by Gasteiger charge is 2.53. The molecule has 4 rings (SSSR count). The Morgan fingerprint density at radius 2 is 1.94 bits per heavy atom. The number of hydrogen-bond donors (Lipinski definition) is 2. The van der Waals surface area contributed by atoms with Gasteiger partial charge < -0.3 is 14.8 Å². The normalized spacial score (nSPS) is 19.5. The molecule has 2 aliphatic rings. The number of ether oxygens (including phenoxy) is 2. The molecule has 2 aromatic carbocycles. The van der Waals surface area contributed by atoms with Crippen molar-refractivity contribution in [3.05, 3.63) is 58.6 Å². The SMILES string of the molecule is COC(=O)C12Cc3cc(Cl)ccc3C1=NN(C(=O)Nc1ccc(OC(F)(F)F)cc1)CN2. The summed E-state index contributed by atoms with van der Waals surface area (Å²) in [6.07, 6.45) is -4.56. The number of rotatable bonds is 3. The fraction of sp³-hybridized carbons (Fsp3) is 0.250. The average molecular weight is 469 g/mol. The molecule has 2 N–H and O–H groups in total. The monoisotopic (exact) mass is 468 g/mol. The van der Waals surface area contributed by atoms with Gasteiger partial charge in [-0.1, -0.05) is 17.7 Å². The standard InChI is InChI=1S/C20H16ClF3N4O4/c1-31-17(29)19-9-11-8-12(21)2-7-15(11)16(19)27-28(10-25-19)18(30)26-13-3-5-14(6-4-13)32-20(22,23)24/h2-8,25H,9-10H2,1H3,(H,26,30). The van der Waals surface area contributed by atoms with Gasteiger partial charge in [0.15, 0.2) is 5.54 Å². The van der Waals surface area contributed by atoms with Crippen LogP contribution < -0.4 is 15.4 Å². The van der Waals surface area contributed by atoms with Crippen LogP contribution in [-0.4, -0.2) is 48.4 Å². The Hall–Kier alpha value is -3.31. The van der Waals surface area contributed by atoms with E-state index < -0.39 is 29.7 Å². The van der Waals surface area contributed by atoms with Crippen LogP contribution in [0.3, 0.4) is 0 Å². The van der Waals surface area contributed by atoms with Crippen molar-refractivity contribution in [1.29, 1.82) is 0 Å². The van der Waals surface area contributed by atoms with Crippen molar-refractivity contribution in [3.63, 3.8) is 0 Å². The highest BCUT2D eigenvalue weighted by molar-refractivity contribution is 6.31. The second-order valence-electron chi connectivity index (χ2n) is 7.06. The lowest BCUT2D eigenvalue weighted by molar-refractivity contribution is -0.274. The van der Waals surface area contributed by atoms with Crippen molar-refractivity contribution >= 4 is 35.0 Å². The minimum Gasteiger partial charge on any atom is -0.467 e. The van der Waals surface area contributed by atoms with Crippen molar-refractivity contribution in [2.75, 3.05) is 19.1 Å². The average Bonchev–Trinajstić information content (AvgIpc) is 3.07. The third kappa shape index (κ3) is 4.08. The Bertz CT molecular complexity index is 1110. The number of nitrogens with one attached hydrogen (secondary N) is 2. The van der Waals surface area contributed by atoms with E-state index in [9.17, 15) is 22.8 Å². The van der Waals surface area contributed by atoms with Crippen molar-refractivity contribution in [3.8, 4) is 5.75 Å². The molecule has 0 saturated carbocycles. The molecular formula is C20H16ClF3N4O4. The topological polar surface area (TPSA) is 92.3 Å². The van der Waals surface area contributed by atoms with Gasteiger partial charge in [0.1, 0.15) is 11.5 Å². The number of benzene rings is 2. The van der Waals surface area contributed by atoms with E-state index >= 15 is 0 Å². The molecule has 1 unspecified atom stereocenters. The van der Waals surface area contributed by atoms with Gasteiger partial charge >= 0.3 is 18.4 Å². The quantitative estimate of drug-likeness (QED) is 0.673. The molecule has 0 saturated heterocycles. The van der Waals surface area contributed by atoms with E-state index in [0.717, 1.165) is 22.7 Å². The number of halogens is 4. The Morgan fingerprint density at radius 3 is 2.59 bits per heavy atom. The Balaban J connectivity index is 1.57. The Morgan fingerprint density at radius 1 is 1.22 bits per heavy atom. The molecule has 0 aromatic heterocycles. The number of hydrazone groups is 1. The third-order valence-electron chi connectivity index (χ3n) is 5.04. The molecule has 1 aliphatic carbocycles. The number of fused-ring (bicyclic) bond motifs is 3. The summed E-state index contributed by atoms with van der Waals surface area (Å²) in [5, 5.41) is 11.5. The summed E-state index contributed by atoms with van der Waals surface area (Å²) in [4.78, 5) is 25.3. The Kier molecular flexibility index (Phi) is 5.47. The predicted octanol–water partition coefficient (Wildman–Crippen LogP) is 3.51. The largest absolute Gasteiger partial charge is 0.573 e. The fourth-order valence-electron chi connectivity index (χ4n) is 3.65. The van der Waals surface area contributed by atoms with Gasteiger partial charge in [0.2, 0.25) is 0 Å². The molecule has 1 atom stereocenters. The number of carbonyl (C=O) groups excluding carboxylic acids is 2. The van der Waals surface area contributed by atoms with Crippen LogP contribution in [0.4, 0.5) is 23.7 Å². The van der Waals surface area contributed by atoms with Crippen molar-refractivity contribution < 1.29 is 32.2 Å². The molecule has 8 nitrogen and oxygen atoms in total. The van der Waals surface area contributed by atoms with Gasteiger partial charge in [0.05, 0.1) is 13.8 Å². The van der Waals surface area contributed by atoms with Crippen LogP contribution >= 0.6 is 11.6 Å². The number of anilines is 1. The molecule has 0 fully saturated rings. The van der Waals surface area contributed by atoms with Gasteiger partial charge in [0, 0.05) is 22.7 Å². The molecule has 1 heterocycles. The van der Waals surface area contributed by atoms with E-state index in [2.05, 4.69) is 20.5 Å². The lowest BCUT2D eigenvalue weighted by Gasteiger charge is -2.35. The summed E-state index contributed by atoms with van der Waals surface area (Å²) in [5.74, 6) is -0.969. The summed E-state index contributed by atoms with van der Waals surface area (Å²) in [6.45, 7) is -0.110. The van der Waals surface area contributed by atoms with Crippen molar-refractivity contribution in [1.82, 2.24) is 10.3 Å². The smallest absolute Gasteiger partial charge is 0.467 e. The summed E-state index contributed by atoms with van der Waals surface area (Å²) in [6, 6.07) is 9.09. The number of esters is 1. The summed E-state index contributed by atoms with van der Waals surface area (Å²) in [5.41, 5.74) is 0.712. The molecule has 0 radical (unpaired) electrons. The van der Waals surface area contributed by atoms with Crippen LogP contribution in [0.5, 0.6) is 5.75 Å². The zero-order valence-corrected chi connectivity index (χ0v) is 17.3. The van der Waals surface area contributed by atoms with Crippen LogP contribution in [0.2, 0.25) is 5.02 Å². The number of amides is 2. The van der Waals surface area contributed by atoms with Gasteiger partial charge in [-0.15, -0.1) is 13.2 Å². The van der Waals surface area contributed by atoms with E-state index in [1.807, 2.05) is 0 Å². The fourth-order valence-corrected chi connectivity index (χ4v) is 3.85. The molecule has 12 heteroatoms. The van der Waals surface area contributed by atoms with Gasteiger partial charge in [-0.2, -0.15) is 5.10 Å². The van der Waals surface area contributed by atoms with Gasteiger partial charge in [-0.25, -0.2) is 14.6 Å². The molecular weight excluding hydrogens is 453 g/mol. The molecule has 168 valence electrons. The minimum atomic E-state index is -4.81. The van der Waals surface area contributed by atoms with Crippen molar-refractivity contribution in [2.24, 2.45) is 5.10 Å². The second-order valence-corrected chi connectivity index (χ2v) is 7.50. The molecule has 0 spiro atoms. The zero-order valence-electron chi connectivity index (χ0n) is 16.5. The molecule has 32 heavy (non-hydrogen) atoms. The number of alkyl halides is 3. The van der Waals surface area contributed by atoms with Crippen LogP contribution in [0.1, 0.15) is 11.1 Å². The predicted molar refractivity (Wildman–Crippen MR) is 108 cm³/mol. The first-order valence-corrected chi connectivity index (χ1v) is 9.65. The van der Waals surface area contributed by atoms with Crippen LogP contribution in [0.25, 0.3) is 0 Å². The maximum Gasteiger partial charge on any atom is 0.573 e. The van der Waals surface area contributed by atoms with Crippen molar-refractivity contribution in [2.45, 2.75) is 18.3 Å². The van der Waals surface area contributed by atoms with Gasteiger partial charge in [-0.3, -0.25) is 5.32 Å². The maximum atomic E-state index is 12.7. The highest BCUT2D eigenvalue weighted by atomic mass is 35.5.